The fraction of sp³-hybridized carbons (Fsp3) is 0.696. The van der Waals surface area contributed by atoms with Crippen molar-refractivity contribution in [1.82, 2.24) is 0 Å². The van der Waals surface area contributed by atoms with E-state index in [1.807, 2.05) is 13.8 Å². The maximum absolute atomic E-state index is 15.1. The van der Waals surface area contributed by atoms with Gasteiger partial charge in [-0.15, -0.1) is 0 Å². The van der Waals surface area contributed by atoms with E-state index in [-0.39, 0.29) is 48.4 Å². The van der Waals surface area contributed by atoms with Crippen molar-refractivity contribution in [2.45, 2.75) is 65.4 Å². The summed E-state index contributed by atoms with van der Waals surface area (Å²) < 4.78 is 26.3. The van der Waals surface area contributed by atoms with Crippen LogP contribution >= 0.6 is 0 Å². The molecule has 4 rings (SSSR count). The first kappa shape index (κ1) is 20.3. The predicted octanol–water partition coefficient (Wildman–Crippen LogP) is 4.07. The molecular weight excluding hydrogens is 375 g/mol. The lowest BCUT2D eigenvalue weighted by molar-refractivity contribution is -0.187. The lowest BCUT2D eigenvalue weighted by Gasteiger charge is -2.56. The molecular formula is C23H29FO5. The third-order valence-electron chi connectivity index (χ3n) is 8.40. The zero-order valence-electron chi connectivity index (χ0n) is 17.5. The molecule has 4 aliphatic rings. The molecule has 0 radical (unpaired) electrons. The molecule has 1 heterocycles. The van der Waals surface area contributed by atoms with Gasteiger partial charge in [0, 0.05) is 28.9 Å². The summed E-state index contributed by atoms with van der Waals surface area (Å²) in [5, 5.41) is 0. The molecule has 1 aliphatic heterocycles. The Labute approximate surface area is 170 Å². The third kappa shape index (κ3) is 2.60. The molecule has 0 saturated heterocycles. The van der Waals surface area contributed by atoms with Gasteiger partial charge in [0.05, 0.1) is 0 Å². The van der Waals surface area contributed by atoms with Gasteiger partial charge in [0.25, 0.3) is 0 Å². The molecule has 5 nitrogen and oxygen atoms in total. The Bertz CT molecular complexity index is 844. The van der Waals surface area contributed by atoms with E-state index in [1.54, 1.807) is 13.0 Å². The van der Waals surface area contributed by atoms with Crippen molar-refractivity contribution < 1.29 is 28.2 Å². The quantitative estimate of drug-likeness (QED) is 0.664. The maximum Gasteiger partial charge on any atom is 0.331 e. The number of ether oxygens (including phenoxy) is 2. The van der Waals surface area contributed by atoms with Gasteiger partial charge in [-0.2, -0.15) is 0 Å². The van der Waals surface area contributed by atoms with E-state index in [1.165, 1.54) is 13.0 Å². The fourth-order valence-electron chi connectivity index (χ4n) is 6.79. The Balaban J connectivity index is 1.77. The van der Waals surface area contributed by atoms with E-state index < -0.39 is 22.4 Å². The summed E-state index contributed by atoms with van der Waals surface area (Å²) in [6.45, 7) is 7.41. The number of fused-ring (bicyclic) bond motifs is 5. The van der Waals surface area contributed by atoms with Gasteiger partial charge < -0.3 is 9.47 Å². The van der Waals surface area contributed by atoms with Crippen LogP contribution in [0.2, 0.25) is 0 Å². The number of Topliss-reactive ketones (excluding diaryl/α,β-unsaturated/α-hetero) is 1. The number of hydrogen-bond donors (Lipinski definition) is 0. The predicted molar refractivity (Wildman–Crippen MR) is 103 cm³/mol. The topological polar surface area (TPSA) is 69.7 Å². The molecule has 0 aromatic heterocycles. The average molecular weight is 404 g/mol. The standard InChI is InChI=1S/C23H29FO5/c1-5-19(26)29-23(13(2)25)9-7-16-14-10-18(24)17-11-20(27)28-12-21(17,3)15(14)6-8-22(16,23)4/h10-11,14-16H,5-9,12H2,1-4H3/t14-,15+,16+,21-,22+,23+/m1/s1. The van der Waals surface area contributed by atoms with Crippen LogP contribution in [-0.2, 0) is 23.9 Å². The molecule has 0 bridgehead atoms. The minimum Gasteiger partial charge on any atom is -0.462 e. The largest absolute Gasteiger partial charge is 0.462 e. The summed E-state index contributed by atoms with van der Waals surface area (Å²) in [5.74, 6) is -1.30. The number of halogens is 1. The van der Waals surface area contributed by atoms with Crippen LogP contribution in [0.15, 0.2) is 23.6 Å². The van der Waals surface area contributed by atoms with Crippen molar-refractivity contribution in [3.8, 4) is 0 Å². The molecule has 0 aromatic rings. The van der Waals surface area contributed by atoms with Crippen LogP contribution in [0.4, 0.5) is 4.39 Å². The lowest BCUT2D eigenvalue weighted by atomic mass is 9.49. The minimum absolute atomic E-state index is 0.0246. The van der Waals surface area contributed by atoms with E-state index in [0.29, 0.717) is 24.8 Å². The zero-order chi connectivity index (χ0) is 21.2. The molecule has 0 amide bonds. The molecule has 6 atom stereocenters. The second kappa shape index (κ2) is 6.51. The zero-order valence-corrected chi connectivity index (χ0v) is 17.5. The number of hydrogen-bond acceptors (Lipinski definition) is 5. The van der Waals surface area contributed by atoms with Crippen molar-refractivity contribution in [2.75, 3.05) is 6.61 Å². The Kier molecular flexibility index (Phi) is 4.56. The van der Waals surface area contributed by atoms with Gasteiger partial charge in [-0.3, -0.25) is 9.59 Å². The molecule has 2 saturated carbocycles. The summed E-state index contributed by atoms with van der Waals surface area (Å²) in [6.07, 6.45) is 5.80. The van der Waals surface area contributed by atoms with Crippen molar-refractivity contribution in [3.63, 3.8) is 0 Å². The van der Waals surface area contributed by atoms with E-state index in [2.05, 4.69) is 0 Å². The van der Waals surface area contributed by atoms with Crippen LogP contribution in [0.25, 0.3) is 0 Å². The number of esters is 2. The number of rotatable bonds is 3. The van der Waals surface area contributed by atoms with E-state index in [9.17, 15) is 14.4 Å². The summed E-state index contributed by atoms with van der Waals surface area (Å²) in [6, 6.07) is 0. The second-order valence-electron chi connectivity index (χ2n) is 9.59. The van der Waals surface area contributed by atoms with Gasteiger partial charge >= 0.3 is 11.9 Å². The second-order valence-corrected chi connectivity index (χ2v) is 9.59. The molecule has 6 heteroatoms. The molecule has 0 N–H and O–H groups in total. The first-order valence-corrected chi connectivity index (χ1v) is 10.6. The fourth-order valence-corrected chi connectivity index (χ4v) is 6.79. The van der Waals surface area contributed by atoms with Crippen molar-refractivity contribution >= 4 is 17.7 Å². The molecule has 2 fully saturated rings. The van der Waals surface area contributed by atoms with Gasteiger partial charge in [-0.05, 0) is 56.4 Å². The highest BCUT2D eigenvalue weighted by Crippen LogP contribution is 2.67. The average Bonchev–Trinajstić information content (AvgIpc) is 2.97. The first-order chi connectivity index (χ1) is 13.6. The monoisotopic (exact) mass is 404 g/mol. The SMILES string of the molecule is CCC(=O)O[C@]1(C(C)=O)CC[C@H]2[C@@H]3C=C(F)C4=CC(=O)OC[C@]4(C)[C@H]3CC[C@@]21C. The number of allylic oxidation sites excluding steroid dienone is 2. The molecule has 3 aliphatic carbocycles. The van der Waals surface area contributed by atoms with Crippen LogP contribution in [0.3, 0.4) is 0 Å². The summed E-state index contributed by atoms with van der Waals surface area (Å²) in [5.41, 5.74) is -1.81. The van der Waals surface area contributed by atoms with Crippen molar-refractivity contribution in [2.24, 2.45) is 28.6 Å². The molecule has 0 spiro atoms. The normalized spacial score (nSPS) is 43.2. The highest BCUT2D eigenvalue weighted by atomic mass is 19.1. The van der Waals surface area contributed by atoms with Gasteiger partial charge in [-0.25, -0.2) is 9.18 Å². The Morgan fingerprint density at radius 2 is 1.93 bits per heavy atom. The van der Waals surface area contributed by atoms with Crippen molar-refractivity contribution in [3.05, 3.63) is 23.6 Å². The maximum atomic E-state index is 15.1. The van der Waals surface area contributed by atoms with Crippen LogP contribution in [-0.4, -0.2) is 29.9 Å². The van der Waals surface area contributed by atoms with Gasteiger partial charge in [0.15, 0.2) is 11.4 Å². The van der Waals surface area contributed by atoms with Gasteiger partial charge in [0.1, 0.15) is 12.4 Å². The van der Waals surface area contributed by atoms with Crippen LogP contribution in [0, 0.1) is 28.6 Å². The Morgan fingerprint density at radius 1 is 1.24 bits per heavy atom. The van der Waals surface area contributed by atoms with Crippen LogP contribution in [0.5, 0.6) is 0 Å². The van der Waals surface area contributed by atoms with Gasteiger partial charge in [0.2, 0.25) is 0 Å². The molecule has 0 aromatic carbocycles. The number of cyclic esters (lactones) is 1. The van der Waals surface area contributed by atoms with E-state index in [4.69, 9.17) is 9.47 Å². The van der Waals surface area contributed by atoms with Crippen LogP contribution < -0.4 is 0 Å². The number of carbonyl (C=O) groups is 3. The van der Waals surface area contributed by atoms with Gasteiger partial charge in [-0.1, -0.05) is 20.8 Å². The first-order valence-electron chi connectivity index (χ1n) is 10.6. The summed E-state index contributed by atoms with van der Waals surface area (Å²) in [7, 11) is 0. The smallest absolute Gasteiger partial charge is 0.331 e. The number of carbonyl (C=O) groups excluding carboxylic acids is 3. The minimum atomic E-state index is -1.14. The number of ketones is 1. The molecule has 158 valence electrons. The summed E-state index contributed by atoms with van der Waals surface area (Å²) in [4.78, 5) is 36.7. The van der Waals surface area contributed by atoms with Crippen molar-refractivity contribution in [1.29, 1.82) is 0 Å². The highest BCUT2D eigenvalue weighted by molar-refractivity contribution is 5.89. The lowest BCUT2D eigenvalue weighted by Crippen LogP contribution is -2.58. The van der Waals surface area contributed by atoms with Crippen LogP contribution in [0.1, 0.15) is 59.8 Å². The van der Waals surface area contributed by atoms with E-state index in [0.717, 1.165) is 6.42 Å². The highest BCUT2D eigenvalue weighted by Gasteiger charge is 2.68. The molecule has 0 unspecified atom stereocenters. The van der Waals surface area contributed by atoms with E-state index >= 15 is 4.39 Å². The Morgan fingerprint density at radius 3 is 2.59 bits per heavy atom. The third-order valence-corrected chi connectivity index (χ3v) is 8.40. The molecule has 29 heavy (non-hydrogen) atoms. The summed E-state index contributed by atoms with van der Waals surface area (Å²) >= 11 is 0. The Hall–Kier alpha value is -1.98.